The lowest BCUT2D eigenvalue weighted by molar-refractivity contribution is 0.0740. The first-order valence-electron chi connectivity index (χ1n) is 4.67. The van der Waals surface area contributed by atoms with Crippen LogP contribution < -0.4 is 4.74 Å². The zero-order chi connectivity index (χ0) is 9.26. The molecule has 0 heterocycles. The van der Waals surface area contributed by atoms with Gasteiger partial charge in [-0.15, -0.1) is 0 Å². The van der Waals surface area contributed by atoms with E-state index in [-0.39, 0.29) is 0 Å². The highest BCUT2D eigenvalue weighted by atomic mass is 35.5. The molecule has 0 amide bonds. The first kappa shape index (κ1) is 8.89. The normalized spacial score (nSPS) is 26.6. The monoisotopic (exact) mass is 196 g/mol. The number of ether oxygens (including phenoxy) is 1. The van der Waals surface area contributed by atoms with Crippen molar-refractivity contribution >= 4 is 11.6 Å². The summed E-state index contributed by atoms with van der Waals surface area (Å²) >= 11 is 5.96. The van der Waals surface area contributed by atoms with Gasteiger partial charge in [0.2, 0.25) is 0 Å². The van der Waals surface area contributed by atoms with Crippen LogP contribution in [0.2, 0.25) is 5.02 Å². The lowest BCUT2D eigenvalue weighted by Crippen LogP contribution is -2.31. The molecule has 13 heavy (non-hydrogen) atoms. The van der Waals surface area contributed by atoms with E-state index in [0.717, 1.165) is 24.5 Å². The molecular formula is C11H13ClO. The predicted molar refractivity (Wildman–Crippen MR) is 54.3 cm³/mol. The van der Waals surface area contributed by atoms with Gasteiger partial charge >= 0.3 is 0 Å². The van der Waals surface area contributed by atoms with Crippen LogP contribution in [0.4, 0.5) is 0 Å². The highest BCUT2D eigenvalue weighted by molar-refractivity contribution is 6.32. The summed E-state index contributed by atoms with van der Waals surface area (Å²) in [5, 5.41) is 0.710. The van der Waals surface area contributed by atoms with Gasteiger partial charge in [-0.1, -0.05) is 30.7 Å². The average molecular weight is 197 g/mol. The van der Waals surface area contributed by atoms with Crippen LogP contribution in [-0.2, 0) is 0 Å². The van der Waals surface area contributed by atoms with E-state index >= 15 is 0 Å². The van der Waals surface area contributed by atoms with Crippen LogP contribution in [0.5, 0.6) is 5.75 Å². The van der Waals surface area contributed by atoms with E-state index in [9.17, 15) is 0 Å². The van der Waals surface area contributed by atoms with Crippen molar-refractivity contribution in [1.29, 1.82) is 0 Å². The molecule has 0 atom stereocenters. The molecule has 1 aliphatic rings. The summed E-state index contributed by atoms with van der Waals surface area (Å²) in [5.41, 5.74) is 0. The lowest BCUT2D eigenvalue weighted by Gasteiger charge is -2.33. The summed E-state index contributed by atoms with van der Waals surface area (Å²) in [4.78, 5) is 0. The molecule has 2 heteroatoms. The quantitative estimate of drug-likeness (QED) is 0.704. The number of para-hydroxylation sites is 1. The van der Waals surface area contributed by atoms with Crippen molar-refractivity contribution in [1.82, 2.24) is 0 Å². The van der Waals surface area contributed by atoms with Gasteiger partial charge in [0.1, 0.15) is 5.75 Å². The zero-order valence-electron chi connectivity index (χ0n) is 7.66. The first-order valence-corrected chi connectivity index (χ1v) is 5.04. The minimum Gasteiger partial charge on any atom is -0.489 e. The number of rotatable bonds is 2. The zero-order valence-corrected chi connectivity index (χ0v) is 8.42. The van der Waals surface area contributed by atoms with Crippen LogP contribution in [0.1, 0.15) is 19.8 Å². The molecule has 0 unspecified atom stereocenters. The second kappa shape index (κ2) is 3.59. The maximum absolute atomic E-state index is 5.96. The third kappa shape index (κ3) is 1.97. The standard InChI is InChI=1S/C11H13ClO/c1-8-6-9(7-8)13-11-5-3-2-4-10(11)12/h2-5,8-9H,6-7H2,1H3. The summed E-state index contributed by atoms with van der Waals surface area (Å²) in [6.45, 7) is 2.24. The molecule has 0 radical (unpaired) electrons. The van der Waals surface area contributed by atoms with Crippen LogP contribution in [-0.4, -0.2) is 6.10 Å². The molecule has 1 aliphatic carbocycles. The molecule has 1 nitrogen and oxygen atoms in total. The maximum atomic E-state index is 5.96. The highest BCUT2D eigenvalue weighted by Gasteiger charge is 2.27. The van der Waals surface area contributed by atoms with Gasteiger partial charge in [0.25, 0.3) is 0 Å². The van der Waals surface area contributed by atoms with Crippen LogP contribution in [0.25, 0.3) is 0 Å². The molecule has 0 spiro atoms. The Kier molecular flexibility index (Phi) is 2.45. The summed E-state index contributed by atoms with van der Waals surface area (Å²) in [5.74, 6) is 1.63. The van der Waals surface area contributed by atoms with Gasteiger partial charge in [0, 0.05) is 0 Å². The second-order valence-corrected chi connectivity index (χ2v) is 4.15. The minimum atomic E-state index is 0.384. The van der Waals surface area contributed by atoms with E-state index < -0.39 is 0 Å². The van der Waals surface area contributed by atoms with Gasteiger partial charge in [-0.3, -0.25) is 0 Å². The summed E-state index contributed by atoms with van der Waals surface area (Å²) < 4.78 is 5.72. The van der Waals surface area contributed by atoms with Crippen molar-refractivity contribution in [2.75, 3.05) is 0 Å². The molecular weight excluding hydrogens is 184 g/mol. The van der Waals surface area contributed by atoms with Gasteiger partial charge in [-0.25, -0.2) is 0 Å². The van der Waals surface area contributed by atoms with Gasteiger partial charge < -0.3 is 4.74 Å². The molecule has 0 N–H and O–H groups in total. The average Bonchev–Trinajstić information content (AvgIpc) is 2.06. The number of hydrogen-bond donors (Lipinski definition) is 0. The van der Waals surface area contributed by atoms with Crippen LogP contribution in [0.15, 0.2) is 24.3 Å². The van der Waals surface area contributed by atoms with E-state index in [1.807, 2.05) is 24.3 Å². The molecule has 1 aromatic rings. The highest BCUT2D eigenvalue weighted by Crippen LogP contribution is 2.33. The molecule has 1 saturated carbocycles. The van der Waals surface area contributed by atoms with E-state index in [0.29, 0.717) is 11.1 Å². The van der Waals surface area contributed by atoms with E-state index in [1.54, 1.807) is 0 Å². The number of hydrogen-bond acceptors (Lipinski definition) is 1. The Hall–Kier alpha value is -0.690. The largest absolute Gasteiger partial charge is 0.489 e. The summed E-state index contributed by atoms with van der Waals surface area (Å²) in [6.07, 6.45) is 2.70. The van der Waals surface area contributed by atoms with Crippen molar-refractivity contribution in [3.05, 3.63) is 29.3 Å². The molecule has 0 aromatic heterocycles. The van der Waals surface area contributed by atoms with Crippen molar-refractivity contribution in [2.24, 2.45) is 5.92 Å². The molecule has 70 valence electrons. The molecule has 1 aromatic carbocycles. The first-order chi connectivity index (χ1) is 6.25. The predicted octanol–water partition coefficient (Wildman–Crippen LogP) is 3.52. The topological polar surface area (TPSA) is 9.23 Å². The fraction of sp³-hybridized carbons (Fsp3) is 0.455. The van der Waals surface area contributed by atoms with Crippen molar-refractivity contribution < 1.29 is 4.74 Å². The second-order valence-electron chi connectivity index (χ2n) is 3.75. The lowest BCUT2D eigenvalue weighted by atomic mass is 9.84. The van der Waals surface area contributed by atoms with Crippen LogP contribution in [0.3, 0.4) is 0 Å². The van der Waals surface area contributed by atoms with Crippen molar-refractivity contribution in [2.45, 2.75) is 25.9 Å². The van der Waals surface area contributed by atoms with E-state index in [1.165, 1.54) is 0 Å². The van der Waals surface area contributed by atoms with Crippen molar-refractivity contribution in [3.63, 3.8) is 0 Å². The third-order valence-electron chi connectivity index (χ3n) is 2.46. The van der Waals surface area contributed by atoms with Gasteiger partial charge in [0.15, 0.2) is 0 Å². The van der Waals surface area contributed by atoms with Gasteiger partial charge in [-0.2, -0.15) is 0 Å². The Morgan fingerprint density at radius 2 is 2.00 bits per heavy atom. The Bertz CT molecular complexity index is 292. The Labute approximate surface area is 83.7 Å². The molecule has 0 aliphatic heterocycles. The van der Waals surface area contributed by atoms with Crippen LogP contribution in [0, 0.1) is 5.92 Å². The third-order valence-corrected chi connectivity index (χ3v) is 2.77. The molecule has 1 fully saturated rings. The SMILES string of the molecule is CC1CC(Oc2ccccc2Cl)C1. The smallest absolute Gasteiger partial charge is 0.138 e. The van der Waals surface area contributed by atoms with Crippen molar-refractivity contribution in [3.8, 4) is 5.75 Å². The Balaban J connectivity index is 1.98. The number of benzene rings is 1. The van der Waals surface area contributed by atoms with E-state index in [4.69, 9.17) is 16.3 Å². The Morgan fingerprint density at radius 1 is 1.31 bits per heavy atom. The fourth-order valence-corrected chi connectivity index (χ4v) is 1.82. The van der Waals surface area contributed by atoms with Gasteiger partial charge in [-0.05, 0) is 30.9 Å². The fourth-order valence-electron chi connectivity index (χ4n) is 1.64. The molecule has 2 rings (SSSR count). The minimum absolute atomic E-state index is 0.384. The van der Waals surface area contributed by atoms with E-state index in [2.05, 4.69) is 6.92 Å². The summed E-state index contributed by atoms with van der Waals surface area (Å²) in [6, 6.07) is 7.65. The maximum Gasteiger partial charge on any atom is 0.138 e. The van der Waals surface area contributed by atoms with Crippen LogP contribution >= 0.6 is 11.6 Å². The van der Waals surface area contributed by atoms with Gasteiger partial charge in [0.05, 0.1) is 11.1 Å². The summed E-state index contributed by atoms with van der Waals surface area (Å²) in [7, 11) is 0. The molecule has 0 bridgehead atoms. The molecule has 0 saturated heterocycles. The number of halogens is 1. The Morgan fingerprint density at radius 3 is 2.62 bits per heavy atom.